The van der Waals surface area contributed by atoms with Crippen LogP contribution in [0.2, 0.25) is 0 Å². The van der Waals surface area contributed by atoms with Crippen LogP contribution in [0.5, 0.6) is 0 Å². The Bertz CT molecular complexity index is 1090. The van der Waals surface area contributed by atoms with Gasteiger partial charge in [0, 0.05) is 16.6 Å². The first kappa shape index (κ1) is 13.7. The molecule has 4 rings (SSSR count). The number of nitrogen functional groups attached to an aromatic ring is 1. The molecular weight excluding hydrogens is 304 g/mol. The Morgan fingerprint density at radius 2 is 1.87 bits per heavy atom. The summed E-state index contributed by atoms with van der Waals surface area (Å²) in [5.41, 5.74) is 10.1. The molecule has 2 N–H and O–H groups in total. The van der Waals surface area contributed by atoms with Crippen LogP contribution in [0.1, 0.15) is 11.3 Å². The summed E-state index contributed by atoms with van der Waals surface area (Å²) in [4.78, 5) is 9.98. The van der Waals surface area contributed by atoms with Crippen molar-refractivity contribution >= 4 is 37.6 Å². The number of rotatable bonds is 1. The van der Waals surface area contributed by atoms with Gasteiger partial charge in [0.1, 0.15) is 22.3 Å². The summed E-state index contributed by atoms with van der Waals surface area (Å²) < 4.78 is 0.954. The van der Waals surface area contributed by atoms with Gasteiger partial charge in [-0.1, -0.05) is 30.3 Å². The van der Waals surface area contributed by atoms with E-state index >= 15 is 0 Å². The first-order valence-electron chi connectivity index (χ1n) is 7.14. The Balaban J connectivity index is 2.22. The lowest BCUT2D eigenvalue weighted by Crippen LogP contribution is -1.97. The largest absolute Gasteiger partial charge is 0.383 e. The van der Waals surface area contributed by atoms with Crippen molar-refractivity contribution in [3.8, 4) is 17.2 Å². The van der Waals surface area contributed by atoms with E-state index in [2.05, 4.69) is 16.0 Å². The van der Waals surface area contributed by atoms with Crippen LogP contribution in [0.4, 0.5) is 5.82 Å². The normalized spacial score (nSPS) is 11.0. The molecule has 0 aliphatic heterocycles. The highest BCUT2D eigenvalue weighted by Gasteiger charge is 2.19. The van der Waals surface area contributed by atoms with Crippen molar-refractivity contribution in [3.05, 3.63) is 53.7 Å². The molecule has 1 aromatic carbocycles. The smallest absolute Gasteiger partial charge is 0.142 e. The summed E-state index contributed by atoms with van der Waals surface area (Å²) in [7, 11) is 0. The molecule has 0 atom stereocenters. The first-order chi connectivity index (χ1) is 11.2. The number of thiophene rings is 1. The molecule has 0 saturated heterocycles. The van der Waals surface area contributed by atoms with Crippen molar-refractivity contribution < 1.29 is 0 Å². The molecule has 4 aromatic rings. The van der Waals surface area contributed by atoms with Gasteiger partial charge < -0.3 is 5.73 Å². The monoisotopic (exact) mass is 316 g/mol. The van der Waals surface area contributed by atoms with Gasteiger partial charge in [-0.15, -0.1) is 11.3 Å². The van der Waals surface area contributed by atoms with Gasteiger partial charge in [0.25, 0.3) is 0 Å². The number of nitrogens with two attached hydrogens (primary N) is 1. The zero-order valence-electron chi connectivity index (χ0n) is 12.4. The van der Waals surface area contributed by atoms with Gasteiger partial charge in [-0.3, -0.25) is 0 Å². The van der Waals surface area contributed by atoms with E-state index in [1.54, 1.807) is 11.3 Å². The average Bonchev–Trinajstić information content (AvgIpc) is 2.91. The minimum Gasteiger partial charge on any atom is -0.383 e. The number of benzene rings is 1. The van der Waals surface area contributed by atoms with Gasteiger partial charge in [-0.25, -0.2) is 9.97 Å². The molecule has 0 aliphatic carbocycles. The van der Waals surface area contributed by atoms with Gasteiger partial charge in [0.15, 0.2) is 0 Å². The summed E-state index contributed by atoms with van der Waals surface area (Å²) in [5, 5.41) is 10.5. The van der Waals surface area contributed by atoms with Gasteiger partial charge >= 0.3 is 0 Å². The van der Waals surface area contributed by atoms with Crippen molar-refractivity contribution in [2.75, 3.05) is 5.73 Å². The predicted octanol–water partition coefficient (Wildman–Crippen LogP) is 4.27. The Morgan fingerprint density at radius 1 is 1.09 bits per heavy atom. The van der Waals surface area contributed by atoms with Crippen molar-refractivity contribution in [1.29, 1.82) is 5.26 Å². The van der Waals surface area contributed by atoms with Gasteiger partial charge in [0.05, 0.1) is 10.2 Å². The highest BCUT2D eigenvalue weighted by Crippen LogP contribution is 2.41. The topological polar surface area (TPSA) is 75.6 Å². The van der Waals surface area contributed by atoms with Crippen LogP contribution in [-0.4, -0.2) is 9.97 Å². The number of hydrogen-bond donors (Lipinski definition) is 1. The Labute approximate surface area is 136 Å². The highest BCUT2D eigenvalue weighted by molar-refractivity contribution is 7.26. The quantitative estimate of drug-likeness (QED) is 0.569. The minimum atomic E-state index is 0.263. The van der Waals surface area contributed by atoms with E-state index < -0.39 is 0 Å². The van der Waals surface area contributed by atoms with Crippen LogP contribution in [0.15, 0.2) is 42.5 Å². The summed E-state index contributed by atoms with van der Waals surface area (Å²) in [6, 6.07) is 16.0. The number of anilines is 1. The molecular formula is C18H12N4S. The Hall–Kier alpha value is -2.97. The van der Waals surface area contributed by atoms with E-state index in [0.29, 0.717) is 5.56 Å². The molecule has 0 saturated carbocycles. The number of hydrogen-bond acceptors (Lipinski definition) is 5. The molecule has 0 radical (unpaired) electrons. The second-order valence-corrected chi connectivity index (χ2v) is 6.31. The fourth-order valence-corrected chi connectivity index (χ4v) is 3.98. The standard InChI is InChI=1S/C18H12N4S/c1-10-7-8-12-15-16(23-18(12)21-10)14(11-5-3-2-4-6-11)13(9-19)17(20)22-15/h2-8H,1H3,(H2,20,22). The van der Waals surface area contributed by atoms with Crippen molar-refractivity contribution in [1.82, 2.24) is 9.97 Å². The Morgan fingerprint density at radius 3 is 2.61 bits per heavy atom. The second kappa shape index (κ2) is 5.04. The fraction of sp³-hybridized carbons (Fsp3) is 0.0556. The highest BCUT2D eigenvalue weighted by atomic mass is 32.1. The maximum atomic E-state index is 9.56. The summed E-state index contributed by atoms with van der Waals surface area (Å²) in [6.07, 6.45) is 0. The molecule has 110 valence electrons. The number of nitriles is 1. The maximum Gasteiger partial charge on any atom is 0.142 e. The SMILES string of the molecule is Cc1ccc2c(n1)sc1c(-c3ccccc3)c(C#N)c(N)nc12. The zero-order valence-corrected chi connectivity index (χ0v) is 13.2. The molecule has 23 heavy (non-hydrogen) atoms. The summed E-state index contributed by atoms with van der Waals surface area (Å²) in [6.45, 7) is 1.96. The third kappa shape index (κ3) is 2.04. The number of aromatic nitrogens is 2. The molecule has 0 spiro atoms. The molecule has 0 unspecified atom stereocenters. The van der Waals surface area contributed by atoms with E-state index in [9.17, 15) is 5.26 Å². The molecule has 0 bridgehead atoms. The molecule has 4 nitrogen and oxygen atoms in total. The summed E-state index contributed by atoms with van der Waals surface area (Å²) in [5.74, 6) is 0.263. The van der Waals surface area contributed by atoms with Crippen LogP contribution in [0.3, 0.4) is 0 Å². The van der Waals surface area contributed by atoms with E-state index in [4.69, 9.17) is 5.73 Å². The van der Waals surface area contributed by atoms with E-state index in [0.717, 1.165) is 37.3 Å². The predicted molar refractivity (Wildman–Crippen MR) is 94.2 cm³/mol. The number of aryl methyl sites for hydroxylation is 1. The Kier molecular flexibility index (Phi) is 3.00. The van der Waals surface area contributed by atoms with Gasteiger partial charge in [-0.2, -0.15) is 5.26 Å². The van der Waals surface area contributed by atoms with Crippen molar-refractivity contribution in [3.63, 3.8) is 0 Å². The van der Waals surface area contributed by atoms with Crippen LogP contribution >= 0.6 is 11.3 Å². The molecule has 0 fully saturated rings. The zero-order chi connectivity index (χ0) is 16.0. The molecule has 3 aromatic heterocycles. The fourth-order valence-electron chi connectivity index (χ4n) is 2.75. The number of fused-ring (bicyclic) bond motifs is 3. The lowest BCUT2D eigenvalue weighted by atomic mass is 10.0. The molecule has 5 heteroatoms. The van der Waals surface area contributed by atoms with Crippen LogP contribution in [-0.2, 0) is 0 Å². The second-order valence-electron chi connectivity index (χ2n) is 5.31. The minimum absolute atomic E-state index is 0.263. The maximum absolute atomic E-state index is 9.56. The van der Waals surface area contributed by atoms with Gasteiger partial charge in [-0.05, 0) is 24.6 Å². The molecule has 3 heterocycles. The molecule has 0 aliphatic rings. The third-order valence-electron chi connectivity index (χ3n) is 3.81. The lowest BCUT2D eigenvalue weighted by molar-refractivity contribution is 1.27. The van der Waals surface area contributed by atoms with Crippen LogP contribution in [0.25, 0.3) is 31.6 Å². The molecule has 0 amide bonds. The third-order valence-corrected chi connectivity index (χ3v) is 4.91. The van der Waals surface area contributed by atoms with Crippen LogP contribution in [0, 0.1) is 18.3 Å². The van der Waals surface area contributed by atoms with E-state index in [1.807, 2.05) is 49.4 Å². The van der Waals surface area contributed by atoms with Crippen molar-refractivity contribution in [2.45, 2.75) is 6.92 Å². The van der Waals surface area contributed by atoms with Crippen LogP contribution < -0.4 is 5.73 Å². The van der Waals surface area contributed by atoms with Gasteiger partial charge in [0.2, 0.25) is 0 Å². The van der Waals surface area contributed by atoms with E-state index in [-0.39, 0.29) is 5.82 Å². The van der Waals surface area contributed by atoms with E-state index in [1.165, 1.54) is 0 Å². The lowest BCUT2D eigenvalue weighted by Gasteiger charge is -2.08. The van der Waals surface area contributed by atoms with Crippen molar-refractivity contribution in [2.24, 2.45) is 0 Å². The number of pyridine rings is 2. The summed E-state index contributed by atoms with van der Waals surface area (Å²) >= 11 is 1.56. The number of nitrogens with zero attached hydrogens (tertiary/aromatic N) is 3. The first-order valence-corrected chi connectivity index (χ1v) is 7.95. The average molecular weight is 316 g/mol.